The van der Waals surface area contributed by atoms with Crippen molar-refractivity contribution in [3.63, 3.8) is 0 Å². The van der Waals surface area contributed by atoms with Crippen molar-refractivity contribution in [2.45, 2.75) is 43.8 Å². The summed E-state index contributed by atoms with van der Waals surface area (Å²) in [7, 11) is 0. The van der Waals surface area contributed by atoms with E-state index in [2.05, 4.69) is 38.9 Å². The van der Waals surface area contributed by atoms with E-state index in [-0.39, 0.29) is 41.8 Å². The first-order valence-electron chi connectivity index (χ1n) is 10.4. The van der Waals surface area contributed by atoms with Crippen LogP contribution in [0.15, 0.2) is 34.6 Å². The Bertz CT molecular complexity index is 1050. The second kappa shape index (κ2) is 9.86. The SMILES string of the molecule is CC(C)c1nnc(SCC(=O)NCCN2C(=O)S/C(=C\c3cccnc3)C2=O)n1C1CC1. The van der Waals surface area contributed by atoms with Gasteiger partial charge in [0.05, 0.1) is 10.7 Å². The summed E-state index contributed by atoms with van der Waals surface area (Å²) >= 11 is 2.25. The van der Waals surface area contributed by atoms with Gasteiger partial charge in [0.2, 0.25) is 5.91 Å². The Balaban J connectivity index is 1.26. The van der Waals surface area contributed by atoms with Crippen LogP contribution in [0.5, 0.6) is 0 Å². The minimum absolute atomic E-state index is 0.126. The third kappa shape index (κ3) is 5.21. The van der Waals surface area contributed by atoms with Crippen molar-refractivity contribution < 1.29 is 14.4 Å². The minimum atomic E-state index is -0.355. The van der Waals surface area contributed by atoms with Crippen LogP contribution in [-0.2, 0) is 9.59 Å². The van der Waals surface area contributed by atoms with Gasteiger partial charge in [-0.2, -0.15) is 0 Å². The molecule has 168 valence electrons. The standard InChI is InChI=1S/C21H24N6O3S2/c1-13(2)18-24-25-20(27(18)15-5-6-15)31-12-17(28)23-8-9-26-19(29)16(32-21(26)30)10-14-4-3-7-22-11-14/h3-4,7,10-11,13,15H,5-6,8-9,12H2,1-2H3,(H,23,28)/b16-10-. The van der Waals surface area contributed by atoms with E-state index in [1.807, 2.05) is 6.07 Å². The van der Waals surface area contributed by atoms with Crippen LogP contribution in [0, 0.1) is 0 Å². The van der Waals surface area contributed by atoms with Gasteiger partial charge >= 0.3 is 0 Å². The molecule has 3 heterocycles. The molecular weight excluding hydrogens is 448 g/mol. The molecule has 32 heavy (non-hydrogen) atoms. The Morgan fingerprint density at radius 1 is 1.34 bits per heavy atom. The molecule has 4 rings (SSSR count). The number of aromatic nitrogens is 4. The Hall–Kier alpha value is -2.66. The Morgan fingerprint density at radius 2 is 2.16 bits per heavy atom. The summed E-state index contributed by atoms with van der Waals surface area (Å²) in [4.78, 5) is 42.5. The second-order valence-corrected chi connectivity index (χ2v) is 9.79. The molecule has 0 aromatic carbocycles. The Kier molecular flexibility index (Phi) is 6.95. The lowest BCUT2D eigenvalue weighted by Gasteiger charge is -2.13. The molecule has 1 saturated heterocycles. The monoisotopic (exact) mass is 472 g/mol. The molecule has 1 aliphatic carbocycles. The fourth-order valence-electron chi connectivity index (χ4n) is 3.25. The number of hydrogen-bond donors (Lipinski definition) is 1. The van der Waals surface area contributed by atoms with Crippen LogP contribution < -0.4 is 5.32 Å². The zero-order valence-corrected chi connectivity index (χ0v) is 19.5. The number of rotatable bonds is 9. The first kappa shape index (κ1) is 22.5. The van der Waals surface area contributed by atoms with Gasteiger partial charge in [-0.25, -0.2) is 0 Å². The summed E-state index contributed by atoms with van der Waals surface area (Å²) < 4.78 is 2.15. The van der Waals surface area contributed by atoms with Crippen molar-refractivity contribution >= 4 is 46.7 Å². The fraction of sp³-hybridized carbons (Fsp3) is 0.429. The van der Waals surface area contributed by atoms with Gasteiger partial charge < -0.3 is 9.88 Å². The number of thioether (sulfide) groups is 2. The highest BCUT2D eigenvalue weighted by Gasteiger charge is 2.35. The maximum absolute atomic E-state index is 12.5. The molecule has 0 unspecified atom stereocenters. The largest absolute Gasteiger partial charge is 0.354 e. The van der Waals surface area contributed by atoms with E-state index in [9.17, 15) is 14.4 Å². The zero-order chi connectivity index (χ0) is 22.7. The van der Waals surface area contributed by atoms with E-state index in [1.54, 1.807) is 24.5 Å². The highest BCUT2D eigenvalue weighted by molar-refractivity contribution is 8.18. The molecule has 1 saturated carbocycles. The van der Waals surface area contributed by atoms with Gasteiger partial charge in [0.1, 0.15) is 5.82 Å². The smallest absolute Gasteiger partial charge is 0.293 e. The normalized spacial score (nSPS) is 17.6. The molecule has 0 spiro atoms. The fourth-order valence-corrected chi connectivity index (χ4v) is 4.96. The first-order valence-corrected chi connectivity index (χ1v) is 12.2. The number of amides is 3. The summed E-state index contributed by atoms with van der Waals surface area (Å²) in [6, 6.07) is 4.01. The summed E-state index contributed by atoms with van der Waals surface area (Å²) in [6.45, 7) is 4.49. The molecule has 2 aromatic rings. The minimum Gasteiger partial charge on any atom is -0.354 e. The molecule has 1 N–H and O–H groups in total. The van der Waals surface area contributed by atoms with Gasteiger partial charge in [0.15, 0.2) is 5.16 Å². The number of nitrogens with one attached hydrogen (secondary N) is 1. The number of nitrogens with zero attached hydrogens (tertiary/aromatic N) is 5. The molecule has 0 bridgehead atoms. The third-order valence-corrected chi connectivity index (χ3v) is 6.82. The molecule has 9 nitrogen and oxygen atoms in total. The first-order chi connectivity index (χ1) is 15.4. The summed E-state index contributed by atoms with van der Waals surface area (Å²) in [5, 5.41) is 11.8. The Labute approximate surface area is 194 Å². The molecule has 1 aliphatic heterocycles. The van der Waals surface area contributed by atoms with Gasteiger partial charge in [-0.3, -0.25) is 24.3 Å². The van der Waals surface area contributed by atoms with Crippen LogP contribution in [-0.4, -0.2) is 60.5 Å². The average molecular weight is 473 g/mol. The maximum Gasteiger partial charge on any atom is 0.293 e. The molecular formula is C21H24N6O3S2. The highest BCUT2D eigenvalue weighted by atomic mass is 32.2. The van der Waals surface area contributed by atoms with Gasteiger partial charge in [0, 0.05) is 37.4 Å². The summed E-state index contributed by atoms with van der Waals surface area (Å²) in [5.74, 6) is 0.896. The highest BCUT2D eigenvalue weighted by Crippen LogP contribution is 2.40. The van der Waals surface area contributed by atoms with Crippen LogP contribution in [0.3, 0.4) is 0 Å². The average Bonchev–Trinajstić information content (AvgIpc) is 3.47. The lowest BCUT2D eigenvalue weighted by molar-refractivity contribution is -0.123. The van der Waals surface area contributed by atoms with Gasteiger partial charge in [-0.05, 0) is 42.3 Å². The van der Waals surface area contributed by atoms with E-state index in [0.29, 0.717) is 10.9 Å². The molecule has 0 atom stereocenters. The van der Waals surface area contributed by atoms with Gasteiger partial charge in [-0.15, -0.1) is 10.2 Å². The lowest BCUT2D eigenvalue weighted by atomic mass is 10.2. The Morgan fingerprint density at radius 3 is 2.84 bits per heavy atom. The van der Waals surface area contributed by atoms with Crippen LogP contribution >= 0.6 is 23.5 Å². The van der Waals surface area contributed by atoms with Crippen molar-refractivity contribution in [3.8, 4) is 0 Å². The third-order valence-electron chi connectivity index (χ3n) is 4.97. The van der Waals surface area contributed by atoms with Crippen molar-refractivity contribution in [1.29, 1.82) is 0 Å². The van der Waals surface area contributed by atoms with Crippen molar-refractivity contribution in [2.24, 2.45) is 0 Å². The van der Waals surface area contributed by atoms with Gasteiger partial charge in [-0.1, -0.05) is 31.7 Å². The molecule has 11 heteroatoms. The van der Waals surface area contributed by atoms with E-state index in [1.165, 1.54) is 11.8 Å². The van der Waals surface area contributed by atoms with Crippen LogP contribution in [0.2, 0.25) is 0 Å². The number of carbonyl (C=O) groups is 3. The number of carbonyl (C=O) groups excluding carboxylic acids is 3. The predicted molar refractivity (Wildman–Crippen MR) is 123 cm³/mol. The van der Waals surface area contributed by atoms with Crippen LogP contribution in [0.25, 0.3) is 6.08 Å². The zero-order valence-electron chi connectivity index (χ0n) is 17.9. The topological polar surface area (TPSA) is 110 Å². The number of pyridine rings is 1. The molecule has 0 radical (unpaired) electrons. The lowest BCUT2D eigenvalue weighted by Crippen LogP contribution is -2.37. The maximum atomic E-state index is 12.5. The molecule has 2 fully saturated rings. The van der Waals surface area contributed by atoms with Gasteiger partial charge in [0.25, 0.3) is 11.1 Å². The van der Waals surface area contributed by atoms with Crippen LogP contribution in [0.1, 0.15) is 50.0 Å². The number of hydrogen-bond acceptors (Lipinski definition) is 8. The van der Waals surface area contributed by atoms with Crippen molar-refractivity contribution in [3.05, 3.63) is 40.8 Å². The molecule has 2 aliphatic rings. The van der Waals surface area contributed by atoms with Crippen molar-refractivity contribution in [1.82, 2.24) is 30.0 Å². The van der Waals surface area contributed by atoms with E-state index < -0.39 is 0 Å². The van der Waals surface area contributed by atoms with E-state index in [4.69, 9.17) is 0 Å². The number of imide groups is 1. The van der Waals surface area contributed by atoms with Crippen LogP contribution in [0.4, 0.5) is 4.79 Å². The summed E-state index contributed by atoms with van der Waals surface area (Å²) in [5.41, 5.74) is 0.753. The molecule has 3 amide bonds. The molecule has 2 aromatic heterocycles. The van der Waals surface area contributed by atoms with E-state index in [0.717, 1.165) is 46.0 Å². The predicted octanol–water partition coefficient (Wildman–Crippen LogP) is 3.08. The quantitative estimate of drug-likeness (QED) is 0.438. The van der Waals surface area contributed by atoms with Crippen molar-refractivity contribution in [2.75, 3.05) is 18.8 Å². The summed E-state index contributed by atoms with van der Waals surface area (Å²) in [6.07, 6.45) is 7.15. The van der Waals surface area contributed by atoms with E-state index >= 15 is 0 Å². The second-order valence-electron chi connectivity index (χ2n) is 7.85.